The van der Waals surface area contributed by atoms with Gasteiger partial charge in [-0.1, -0.05) is 63.2 Å². The Morgan fingerprint density at radius 2 is 1.85 bits per heavy atom. The van der Waals surface area contributed by atoms with E-state index >= 15 is 0 Å². The number of carbonyl (C=O) groups excluding carboxylic acids is 1. The topological polar surface area (TPSA) is 74.0 Å². The monoisotopic (exact) mass is 564 g/mol. The molecular weight excluding hydrogens is 525 g/mol. The van der Waals surface area contributed by atoms with Crippen molar-refractivity contribution in [3.63, 3.8) is 0 Å². The summed E-state index contributed by atoms with van der Waals surface area (Å²) in [5.41, 5.74) is 9.51. The van der Waals surface area contributed by atoms with Crippen molar-refractivity contribution in [2.75, 3.05) is 26.0 Å². The molecule has 3 aromatic rings. The number of nitrogens with two attached hydrogens (primary N) is 1. The molecule has 208 valence electrons. The predicted molar refractivity (Wildman–Crippen MR) is 163 cm³/mol. The number of anilines is 1. The van der Waals surface area contributed by atoms with E-state index in [9.17, 15) is 4.79 Å². The van der Waals surface area contributed by atoms with Crippen molar-refractivity contribution in [3.05, 3.63) is 82.1 Å². The fourth-order valence-electron chi connectivity index (χ4n) is 4.30. The van der Waals surface area contributed by atoms with Gasteiger partial charge >= 0.3 is 0 Å². The smallest absolute Gasteiger partial charge is 0.256 e. The van der Waals surface area contributed by atoms with Crippen LogP contribution in [0.5, 0.6) is 11.5 Å². The molecule has 4 rings (SSSR count). The van der Waals surface area contributed by atoms with Crippen molar-refractivity contribution >= 4 is 36.8 Å². The van der Waals surface area contributed by atoms with E-state index < -0.39 is 8.32 Å². The van der Waals surface area contributed by atoms with Crippen LogP contribution in [-0.2, 0) is 11.0 Å². The maximum absolute atomic E-state index is 14.0. The third-order valence-corrected chi connectivity index (χ3v) is 13.2. The van der Waals surface area contributed by atoms with E-state index in [4.69, 9.17) is 19.6 Å². The summed E-state index contributed by atoms with van der Waals surface area (Å²) in [7, 11) is -0.446. The van der Waals surface area contributed by atoms with E-state index in [0.717, 1.165) is 12.0 Å². The first-order chi connectivity index (χ1) is 18.5. The van der Waals surface area contributed by atoms with E-state index in [1.54, 1.807) is 30.6 Å². The van der Waals surface area contributed by atoms with E-state index in [-0.39, 0.29) is 17.0 Å². The molecule has 0 saturated carbocycles. The number of amides is 1. The van der Waals surface area contributed by atoms with E-state index in [1.165, 1.54) is 10.5 Å². The highest BCUT2D eigenvalue weighted by atomic mass is 32.1. The summed E-state index contributed by atoms with van der Waals surface area (Å²) >= 11 is 1.72. The fraction of sp³-hybridized carbons (Fsp3) is 0.387. The van der Waals surface area contributed by atoms with Gasteiger partial charge in [-0.15, -0.1) is 11.3 Å². The van der Waals surface area contributed by atoms with Gasteiger partial charge in [0.05, 0.1) is 25.3 Å². The molecule has 1 aliphatic heterocycles. The molecule has 1 aromatic heterocycles. The van der Waals surface area contributed by atoms with Crippen molar-refractivity contribution in [2.24, 2.45) is 0 Å². The minimum atomic E-state index is -2.02. The van der Waals surface area contributed by atoms with Crippen LogP contribution in [0.2, 0.25) is 18.1 Å². The third kappa shape index (κ3) is 6.75. The van der Waals surface area contributed by atoms with E-state index in [2.05, 4.69) is 57.5 Å². The molecule has 2 N–H and O–H groups in total. The molecule has 0 fully saturated rings. The van der Waals surface area contributed by atoms with Gasteiger partial charge in [0.2, 0.25) is 0 Å². The van der Waals surface area contributed by atoms with Gasteiger partial charge in [0.15, 0.2) is 19.8 Å². The predicted octanol–water partition coefficient (Wildman–Crippen LogP) is 7.24. The van der Waals surface area contributed by atoms with Crippen LogP contribution in [-0.4, -0.2) is 45.4 Å². The standard InChI is InChI=1S/C31H40N2O4SSi/c1-31(2,3)39(5,6)37-21-24-17-23(29-13-10-16-38-29)14-15-33(24)30(34)25-18-27(35-4)28(19-26(25)32)36-20-22-11-8-7-9-12-22/h7-13,16-19,24H,14-15,20-21,32H2,1-6H3/t24-/m0/s1. The summed E-state index contributed by atoms with van der Waals surface area (Å²) < 4.78 is 18.2. The molecule has 0 spiro atoms. The van der Waals surface area contributed by atoms with Crippen molar-refractivity contribution in [1.29, 1.82) is 0 Å². The minimum absolute atomic E-state index is 0.0736. The van der Waals surface area contributed by atoms with E-state index in [1.807, 2.05) is 35.2 Å². The van der Waals surface area contributed by atoms with Gasteiger partial charge in [-0.05, 0) is 53.2 Å². The minimum Gasteiger partial charge on any atom is -0.493 e. The summed E-state index contributed by atoms with van der Waals surface area (Å²) in [5, 5.41) is 2.16. The molecule has 0 aliphatic carbocycles. The van der Waals surface area contributed by atoms with Crippen LogP contribution in [0.4, 0.5) is 5.69 Å². The average molecular weight is 565 g/mol. The lowest BCUT2D eigenvalue weighted by atomic mass is 9.99. The van der Waals surface area contributed by atoms with Crippen LogP contribution >= 0.6 is 11.3 Å². The Morgan fingerprint density at radius 3 is 2.49 bits per heavy atom. The number of thiophene rings is 1. The Bertz CT molecular complexity index is 1300. The Kier molecular flexibility index (Phi) is 8.89. The maximum atomic E-state index is 14.0. The number of ether oxygens (including phenoxy) is 2. The SMILES string of the molecule is COc1cc(C(=O)N2CCC(c3cccs3)=C[C@H]2CO[Si](C)(C)C(C)(C)C)c(N)cc1OCc1ccccc1. The number of carbonyl (C=O) groups is 1. The zero-order chi connectivity index (χ0) is 28.2. The van der Waals surface area contributed by atoms with Crippen LogP contribution < -0.4 is 15.2 Å². The molecule has 2 aromatic carbocycles. The summed E-state index contributed by atoms with van der Waals surface area (Å²) in [6.07, 6.45) is 2.98. The first kappa shape index (κ1) is 28.9. The quantitative estimate of drug-likeness (QED) is 0.219. The zero-order valence-electron chi connectivity index (χ0n) is 23.8. The van der Waals surface area contributed by atoms with E-state index in [0.29, 0.717) is 42.5 Å². The molecule has 0 saturated heterocycles. The Balaban J connectivity index is 1.60. The molecular formula is C31H40N2O4SSi. The second-order valence-electron chi connectivity index (χ2n) is 11.4. The molecule has 0 unspecified atom stereocenters. The van der Waals surface area contributed by atoms with Gasteiger partial charge < -0.3 is 24.5 Å². The third-order valence-electron chi connectivity index (χ3n) is 7.74. The second-order valence-corrected chi connectivity index (χ2v) is 17.2. The highest BCUT2D eigenvalue weighted by Gasteiger charge is 2.39. The molecule has 2 heterocycles. The van der Waals surface area contributed by atoms with Crippen molar-refractivity contribution < 1.29 is 18.7 Å². The van der Waals surface area contributed by atoms with Crippen molar-refractivity contribution in [2.45, 2.75) is 58.0 Å². The number of benzene rings is 2. The molecule has 0 radical (unpaired) electrons. The largest absolute Gasteiger partial charge is 0.493 e. The number of rotatable bonds is 9. The van der Waals surface area contributed by atoms with Gasteiger partial charge in [0, 0.05) is 23.2 Å². The summed E-state index contributed by atoms with van der Waals surface area (Å²) in [5.74, 6) is 0.849. The number of hydrogen-bond donors (Lipinski definition) is 1. The van der Waals surface area contributed by atoms with Crippen LogP contribution in [0, 0.1) is 0 Å². The Labute approximate surface area is 237 Å². The highest BCUT2D eigenvalue weighted by Crippen LogP contribution is 2.38. The molecule has 1 aliphatic rings. The van der Waals surface area contributed by atoms with Crippen LogP contribution in [0.3, 0.4) is 0 Å². The van der Waals surface area contributed by atoms with Gasteiger partial charge in [0.25, 0.3) is 5.91 Å². The average Bonchev–Trinajstić information content (AvgIpc) is 3.45. The number of nitrogens with zero attached hydrogens (tertiary/aromatic N) is 1. The first-order valence-electron chi connectivity index (χ1n) is 13.3. The molecule has 1 amide bonds. The number of methoxy groups -OCH3 is 1. The maximum Gasteiger partial charge on any atom is 0.256 e. The summed E-state index contributed by atoms with van der Waals surface area (Å²) in [4.78, 5) is 17.1. The summed E-state index contributed by atoms with van der Waals surface area (Å²) in [6, 6.07) is 17.3. The van der Waals surface area contributed by atoms with Crippen LogP contribution in [0.15, 0.2) is 66.1 Å². The highest BCUT2D eigenvalue weighted by molar-refractivity contribution is 7.11. The molecule has 39 heavy (non-hydrogen) atoms. The lowest BCUT2D eigenvalue weighted by molar-refractivity contribution is 0.0655. The van der Waals surface area contributed by atoms with Gasteiger partial charge in [-0.3, -0.25) is 4.79 Å². The molecule has 6 nitrogen and oxygen atoms in total. The number of hydrogen-bond acceptors (Lipinski definition) is 6. The Morgan fingerprint density at radius 1 is 1.10 bits per heavy atom. The van der Waals surface area contributed by atoms with Crippen molar-refractivity contribution in [1.82, 2.24) is 4.90 Å². The molecule has 8 heteroatoms. The lowest BCUT2D eigenvalue weighted by Gasteiger charge is -2.40. The van der Waals surface area contributed by atoms with Gasteiger partial charge in [-0.2, -0.15) is 0 Å². The van der Waals surface area contributed by atoms with Gasteiger partial charge in [0.1, 0.15) is 6.61 Å². The Hall–Kier alpha value is -3.07. The van der Waals surface area contributed by atoms with Crippen LogP contribution in [0.1, 0.15) is 48.0 Å². The van der Waals surface area contributed by atoms with Gasteiger partial charge in [-0.25, -0.2) is 0 Å². The number of nitrogen functional groups attached to an aromatic ring is 1. The zero-order valence-corrected chi connectivity index (χ0v) is 25.6. The van der Waals surface area contributed by atoms with Crippen molar-refractivity contribution in [3.8, 4) is 11.5 Å². The lowest BCUT2D eigenvalue weighted by Crippen LogP contribution is -2.49. The molecule has 0 bridgehead atoms. The fourth-order valence-corrected chi connectivity index (χ4v) is 6.11. The summed E-state index contributed by atoms with van der Waals surface area (Å²) in [6.45, 7) is 12.6. The first-order valence-corrected chi connectivity index (χ1v) is 17.1. The molecule has 1 atom stereocenters. The van der Waals surface area contributed by atoms with Crippen LogP contribution in [0.25, 0.3) is 5.57 Å². The normalized spacial score (nSPS) is 16.1. The second kappa shape index (κ2) is 12.0.